The number of ether oxygens (including phenoxy) is 2. The summed E-state index contributed by atoms with van der Waals surface area (Å²) in [5.74, 6) is -0.209. The molecule has 1 aliphatic heterocycles. The van der Waals surface area contributed by atoms with Crippen LogP contribution in [0.1, 0.15) is 13.8 Å². The predicted octanol–water partition coefficient (Wildman–Crippen LogP) is -0.225. The Hall–Kier alpha value is -0.650. The number of rotatable bonds is 4. The number of hydrogen-bond donors (Lipinski definition) is 1. The third kappa shape index (κ3) is 3.61. The Morgan fingerprint density at radius 1 is 1.57 bits per heavy atom. The van der Waals surface area contributed by atoms with Gasteiger partial charge in [0, 0.05) is 13.1 Å². The fourth-order valence-corrected chi connectivity index (χ4v) is 1.29. The lowest BCUT2D eigenvalue weighted by Crippen LogP contribution is -2.51. The maximum Gasteiger partial charge on any atom is 0.324 e. The molecule has 1 heterocycles. The number of nitrogens with one attached hydrogen (secondary N) is 1. The minimum atomic E-state index is -0.284. The van der Waals surface area contributed by atoms with Crippen LogP contribution >= 0.6 is 0 Å². The summed E-state index contributed by atoms with van der Waals surface area (Å²) in [6.07, 6.45) is 0. The van der Waals surface area contributed by atoms with Crippen molar-refractivity contribution in [2.24, 2.45) is 0 Å². The van der Waals surface area contributed by atoms with Crippen molar-refractivity contribution < 1.29 is 14.3 Å². The van der Waals surface area contributed by atoms with Crippen LogP contribution < -0.4 is 5.43 Å². The van der Waals surface area contributed by atoms with Crippen LogP contribution in [0, 0.1) is 0 Å². The average Bonchev–Trinajstić information content (AvgIpc) is 2.19. The van der Waals surface area contributed by atoms with E-state index in [0.29, 0.717) is 19.8 Å². The molecule has 1 rings (SSSR count). The normalized spacial score (nSPS) is 20.4. The second-order valence-corrected chi connectivity index (χ2v) is 3.20. The third-order valence-corrected chi connectivity index (χ3v) is 2.03. The summed E-state index contributed by atoms with van der Waals surface area (Å²) in [5.41, 5.74) is 3.08. The van der Waals surface area contributed by atoms with Crippen LogP contribution in [0.3, 0.4) is 0 Å². The Morgan fingerprint density at radius 3 is 2.79 bits per heavy atom. The van der Waals surface area contributed by atoms with Crippen LogP contribution in [0.15, 0.2) is 0 Å². The van der Waals surface area contributed by atoms with Gasteiger partial charge < -0.3 is 9.47 Å². The van der Waals surface area contributed by atoms with Gasteiger partial charge >= 0.3 is 5.97 Å². The van der Waals surface area contributed by atoms with Crippen LogP contribution in [0.25, 0.3) is 0 Å². The summed E-state index contributed by atoms with van der Waals surface area (Å²) in [7, 11) is 0. The summed E-state index contributed by atoms with van der Waals surface area (Å²) in [6.45, 7) is 7.07. The first-order valence-electron chi connectivity index (χ1n) is 4.99. The quantitative estimate of drug-likeness (QED) is 0.638. The fourth-order valence-electron chi connectivity index (χ4n) is 1.29. The maximum absolute atomic E-state index is 11.3. The van der Waals surface area contributed by atoms with Gasteiger partial charge in [0.05, 0.1) is 19.8 Å². The maximum atomic E-state index is 11.3. The Labute approximate surface area is 84.3 Å². The van der Waals surface area contributed by atoms with Gasteiger partial charge in [-0.1, -0.05) is 0 Å². The van der Waals surface area contributed by atoms with Gasteiger partial charge in [-0.3, -0.25) is 4.79 Å². The topological polar surface area (TPSA) is 50.8 Å². The van der Waals surface area contributed by atoms with Gasteiger partial charge in [-0.05, 0) is 13.8 Å². The molecule has 0 unspecified atom stereocenters. The molecule has 82 valence electrons. The predicted molar refractivity (Wildman–Crippen MR) is 51.6 cm³/mol. The molecular formula is C9H18N2O3. The van der Waals surface area contributed by atoms with Crippen molar-refractivity contribution in [1.29, 1.82) is 0 Å². The van der Waals surface area contributed by atoms with E-state index in [9.17, 15) is 4.79 Å². The van der Waals surface area contributed by atoms with Gasteiger partial charge in [-0.25, -0.2) is 10.4 Å². The second-order valence-electron chi connectivity index (χ2n) is 3.20. The second kappa shape index (κ2) is 5.95. The lowest BCUT2D eigenvalue weighted by molar-refractivity contribution is -0.147. The Kier molecular flexibility index (Phi) is 4.86. The summed E-state index contributed by atoms with van der Waals surface area (Å²) < 4.78 is 10.1. The first-order valence-corrected chi connectivity index (χ1v) is 4.99. The van der Waals surface area contributed by atoms with E-state index in [1.807, 2.05) is 5.01 Å². The van der Waals surface area contributed by atoms with Gasteiger partial charge in [0.1, 0.15) is 6.04 Å². The van der Waals surface area contributed by atoms with Crippen LogP contribution in [-0.4, -0.2) is 49.9 Å². The standard InChI is InChI=1S/C9H18N2O3/c1-3-14-9(12)8(2)10-11-4-6-13-7-5-11/h8,10H,3-7H2,1-2H3/t8-/m0/s1. The molecule has 0 aromatic heterocycles. The lowest BCUT2D eigenvalue weighted by atomic mass is 10.3. The summed E-state index contributed by atoms with van der Waals surface area (Å²) in [6, 6.07) is -0.284. The van der Waals surface area contributed by atoms with Crippen molar-refractivity contribution in [3.8, 4) is 0 Å². The lowest BCUT2D eigenvalue weighted by Gasteiger charge is -2.29. The Morgan fingerprint density at radius 2 is 2.21 bits per heavy atom. The summed E-state index contributed by atoms with van der Waals surface area (Å²) in [4.78, 5) is 11.3. The van der Waals surface area contributed by atoms with Crippen LogP contribution in [0.5, 0.6) is 0 Å². The number of esters is 1. The highest BCUT2D eigenvalue weighted by molar-refractivity contribution is 5.75. The van der Waals surface area contributed by atoms with E-state index in [4.69, 9.17) is 9.47 Å². The fraction of sp³-hybridized carbons (Fsp3) is 0.889. The minimum absolute atomic E-state index is 0.209. The smallest absolute Gasteiger partial charge is 0.324 e. The molecule has 0 amide bonds. The molecule has 1 atom stereocenters. The van der Waals surface area contributed by atoms with E-state index in [0.717, 1.165) is 13.1 Å². The van der Waals surface area contributed by atoms with Gasteiger partial charge in [0.2, 0.25) is 0 Å². The van der Waals surface area contributed by atoms with E-state index in [1.165, 1.54) is 0 Å². The molecule has 0 aromatic carbocycles. The molecule has 1 N–H and O–H groups in total. The third-order valence-electron chi connectivity index (χ3n) is 2.03. The Bertz CT molecular complexity index is 181. The molecule has 14 heavy (non-hydrogen) atoms. The number of nitrogens with zero attached hydrogens (tertiary/aromatic N) is 1. The molecule has 0 saturated carbocycles. The van der Waals surface area contributed by atoms with Crippen LogP contribution in [-0.2, 0) is 14.3 Å². The first-order chi connectivity index (χ1) is 6.74. The highest BCUT2D eigenvalue weighted by Gasteiger charge is 2.18. The molecule has 0 bridgehead atoms. The van der Waals surface area contributed by atoms with Crippen LogP contribution in [0.2, 0.25) is 0 Å². The van der Waals surface area contributed by atoms with E-state index < -0.39 is 0 Å². The zero-order valence-corrected chi connectivity index (χ0v) is 8.78. The molecule has 5 nitrogen and oxygen atoms in total. The van der Waals surface area contributed by atoms with Crippen molar-refractivity contribution >= 4 is 5.97 Å². The number of hydrazine groups is 1. The van der Waals surface area contributed by atoms with Crippen LogP contribution in [0.4, 0.5) is 0 Å². The van der Waals surface area contributed by atoms with E-state index in [1.54, 1.807) is 13.8 Å². The number of carbonyl (C=O) groups excluding carboxylic acids is 1. The van der Waals surface area contributed by atoms with Gasteiger partial charge in [0.15, 0.2) is 0 Å². The van der Waals surface area contributed by atoms with E-state index in [-0.39, 0.29) is 12.0 Å². The van der Waals surface area contributed by atoms with Gasteiger partial charge in [0.25, 0.3) is 0 Å². The van der Waals surface area contributed by atoms with Crippen molar-refractivity contribution in [3.63, 3.8) is 0 Å². The SMILES string of the molecule is CCOC(=O)[C@H](C)NN1CCOCC1. The largest absolute Gasteiger partial charge is 0.465 e. The Balaban J connectivity index is 2.24. The van der Waals surface area contributed by atoms with Gasteiger partial charge in [-0.2, -0.15) is 0 Å². The van der Waals surface area contributed by atoms with Crippen molar-refractivity contribution in [3.05, 3.63) is 0 Å². The van der Waals surface area contributed by atoms with Gasteiger partial charge in [-0.15, -0.1) is 0 Å². The first kappa shape index (κ1) is 11.4. The average molecular weight is 202 g/mol. The molecule has 1 aliphatic rings. The number of carbonyl (C=O) groups is 1. The molecule has 1 saturated heterocycles. The number of hydrogen-bond acceptors (Lipinski definition) is 5. The van der Waals surface area contributed by atoms with Crippen molar-refractivity contribution in [2.75, 3.05) is 32.9 Å². The van der Waals surface area contributed by atoms with Crippen molar-refractivity contribution in [2.45, 2.75) is 19.9 Å². The van der Waals surface area contributed by atoms with Crippen molar-refractivity contribution in [1.82, 2.24) is 10.4 Å². The molecule has 1 fully saturated rings. The highest BCUT2D eigenvalue weighted by Crippen LogP contribution is 1.95. The zero-order valence-electron chi connectivity index (χ0n) is 8.78. The molecule has 0 spiro atoms. The minimum Gasteiger partial charge on any atom is -0.465 e. The summed E-state index contributed by atoms with van der Waals surface area (Å²) in [5, 5.41) is 1.99. The molecule has 0 aromatic rings. The molecule has 0 radical (unpaired) electrons. The number of morpholine rings is 1. The zero-order chi connectivity index (χ0) is 10.4. The molecule has 5 heteroatoms. The molecular weight excluding hydrogens is 184 g/mol. The van der Waals surface area contributed by atoms with E-state index >= 15 is 0 Å². The van der Waals surface area contributed by atoms with E-state index in [2.05, 4.69) is 5.43 Å². The monoisotopic (exact) mass is 202 g/mol. The highest BCUT2D eigenvalue weighted by atomic mass is 16.5. The summed E-state index contributed by atoms with van der Waals surface area (Å²) >= 11 is 0. The molecule has 0 aliphatic carbocycles.